The third kappa shape index (κ3) is 5.49. The summed E-state index contributed by atoms with van der Waals surface area (Å²) in [4.78, 5) is 36.4. The molecule has 12 heteroatoms. The van der Waals surface area contributed by atoms with E-state index in [1.807, 2.05) is 0 Å². The monoisotopic (exact) mass is 538 g/mol. The van der Waals surface area contributed by atoms with Gasteiger partial charge in [0, 0.05) is 18.1 Å². The summed E-state index contributed by atoms with van der Waals surface area (Å²) in [5.74, 6) is -7.59. The molecule has 12 nitrogen and oxygen atoms in total. The fourth-order valence-electron chi connectivity index (χ4n) is 4.20. The molecule has 0 bridgehead atoms. The summed E-state index contributed by atoms with van der Waals surface area (Å²) < 4.78 is 10.8. The molecule has 3 aromatic carbocycles. The molecule has 3 atom stereocenters. The number of esters is 1. The van der Waals surface area contributed by atoms with Crippen LogP contribution in [-0.2, 0) is 25.5 Å². The largest absolute Gasteiger partial charge is 0.504 e. The number of benzene rings is 3. The Balaban J connectivity index is 1.59. The van der Waals surface area contributed by atoms with Crippen LogP contribution in [0.4, 0.5) is 0 Å². The minimum atomic E-state index is -1.64. The average Bonchev–Trinajstić information content (AvgIpc) is 3.29. The Morgan fingerprint density at radius 2 is 1.49 bits per heavy atom. The molecule has 0 fully saturated rings. The molecule has 1 heterocycles. The lowest BCUT2D eigenvalue weighted by molar-refractivity contribution is -0.160. The second-order valence-corrected chi connectivity index (χ2v) is 8.64. The van der Waals surface area contributed by atoms with E-state index in [0.717, 1.165) is 30.3 Å². The highest BCUT2D eigenvalue weighted by molar-refractivity contribution is 5.91. The van der Waals surface area contributed by atoms with E-state index in [0.29, 0.717) is 0 Å². The van der Waals surface area contributed by atoms with Crippen LogP contribution in [0.2, 0.25) is 0 Å². The Kier molecular flexibility index (Phi) is 7.20. The average molecular weight is 538 g/mol. The summed E-state index contributed by atoms with van der Waals surface area (Å²) in [6.45, 7) is 0. The molecular weight excluding hydrogens is 516 g/mol. The van der Waals surface area contributed by atoms with Crippen molar-refractivity contribution in [3.8, 4) is 34.5 Å². The summed E-state index contributed by atoms with van der Waals surface area (Å²) in [6.07, 6.45) is -1.09. The van der Waals surface area contributed by atoms with Crippen molar-refractivity contribution in [2.24, 2.45) is 0 Å². The molecule has 0 saturated heterocycles. The number of carbonyl (C=O) groups excluding carboxylic acids is 1. The molecule has 0 saturated carbocycles. The summed E-state index contributed by atoms with van der Waals surface area (Å²) in [5, 5.41) is 68.2. The molecule has 39 heavy (non-hydrogen) atoms. The fourth-order valence-corrected chi connectivity index (χ4v) is 4.20. The Labute approximate surface area is 219 Å². The molecule has 7 N–H and O–H groups in total. The van der Waals surface area contributed by atoms with Crippen molar-refractivity contribution in [2.75, 3.05) is 0 Å². The maximum Gasteiger partial charge on any atom is 0.345 e. The smallest absolute Gasteiger partial charge is 0.345 e. The Morgan fingerprint density at radius 3 is 2.10 bits per heavy atom. The van der Waals surface area contributed by atoms with Gasteiger partial charge in [-0.25, -0.2) is 9.59 Å². The zero-order valence-electron chi connectivity index (χ0n) is 19.9. The normalized spacial score (nSPS) is 16.8. The lowest BCUT2D eigenvalue weighted by atomic mass is 9.88. The minimum absolute atomic E-state index is 0.0264. The zero-order chi connectivity index (χ0) is 28.4. The van der Waals surface area contributed by atoms with Crippen molar-refractivity contribution in [1.29, 1.82) is 0 Å². The highest BCUT2D eigenvalue weighted by atomic mass is 16.6. The molecule has 4 rings (SSSR count). The second kappa shape index (κ2) is 10.5. The molecule has 0 unspecified atom stereocenters. The van der Waals surface area contributed by atoms with E-state index in [1.54, 1.807) is 0 Å². The summed E-state index contributed by atoms with van der Waals surface area (Å²) >= 11 is 0. The van der Waals surface area contributed by atoms with E-state index in [9.17, 15) is 50.1 Å². The number of aliphatic carboxylic acids is 2. The van der Waals surface area contributed by atoms with Crippen LogP contribution in [0, 0.1) is 0 Å². The third-order valence-corrected chi connectivity index (χ3v) is 6.06. The summed E-state index contributed by atoms with van der Waals surface area (Å²) in [7, 11) is 0. The molecular formula is C27H22O12. The van der Waals surface area contributed by atoms with Crippen LogP contribution in [0.5, 0.6) is 34.5 Å². The van der Waals surface area contributed by atoms with Crippen molar-refractivity contribution in [3.05, 3.63) is 76.9 Å². The molecule has 202 valence electrons. The van der Waals surface area contributed by atoms with Crippen LogP contribution < -0.4 is 4.74 Å². The highest BCUT2D eigenvalue weighted by Gasteiger charge is 2.43. The van der Waals surface area contributed by atoms with Gasteiger partial charge in [0.25, 0.3) is 0 Å². The van der Waals surface area contributed by atoms with Gasteiger partial charge < -0.3 is 45.2 Å². The zero-order valence-corrected chi connectivity index (χ0v) is 19.9. The lowest BCUT2D eigenvalue weighted by Gasteiger charge is -2.17. The van der Waals surface area contributed by atoms with Gasteiger partial charge in [0.2, 0.25) is 6.10 Å². The Hall–Kier alpha value is -5.39. The van der Waals surface area contributed by atoms with Gasteiger partial charge in [0.15, 0.2) is 34.5 Å². The maximum absolute atomic E-state index is 12.5. The Morgan fingerprint density at radius 1 is 0.846 bits per heavy atom. The van der Waals surface area contributed by atoms with Crippen LogP contribution >= 0.6 is 0 Å². The molecule has 1 aliphatic heterocycles. The van der Waals surface area contributed by atoms with E-state index in [2.05, 4.69) is 0 Å². The molecule has 0 amide bonds. The van der Waals surface area contributed by atoms with Crippen molar-refractivity contribution in [3.63, 3.8) is 0 Å². The SMILES string of the molecule is O=C(/C=C/c1ccc(O)c2c1[C@H](C(=O)O)[C@H](c1ccc(O)c(O)c1)O2)O[C@H](Cc1ccc(O)c(O)c1)C(=O)O. The molecule has 0 aromatic heterocycles. The first-order valence-electron chi connectivity index (χ1n) is 11.4. The molecule has 0 radical (unpaired) electrons. The fraction of sp³-hybridized carbons (Fsp3) is 0.148. The van der Waals surface area contributed by atoms with E-state index >= 15 is 0 Å². The molecule has 1 aliphatic rings. The van der Waals surface area contributed by atoms with E-state index in [4.69, 9.17) is 9.47 Å². The number of hydrogen-bond acceptors (Lipinski definition) is 10. The van der Waals surface area contributed by atoms with Crippen molar-refractivity contribution >= 4 is 24.0 Å². The molecule has 0 spiro atoms. The van der Waals surface area contributed by atoms with Gasteiger partial charge >= 0.3 is 17.9 Å². The van der Waals surface area contributed by atoms with Crippen LogP contribution in [0.3, 0.4) is 0 Å². The van der Waals surface area contributed by atoms with Crippen molar-refractivity contribution in [1.82, 2.24) is 0 Å². The maximum atomic E-state index is 12.5. The lowest BCUT2D eigenvalue weighted by Crippen LogP contribution is -2.28. The number of fused-ring (bicyclic) bond motifs is 1. The minimum Gasteiger partial charge on any atom is -0.504 e. The predicted molar refractivity (Wildman–Crippen MR) is 132 cm³/mol. The van der Waals surface area contributed by atoms with Crippen LogP contribution in [0.1, 0.15) is 34.3 Å². The van der Waals surface area contributed by atoms with Crippen molar-refractivity contribution < 1.29 is 59.6 Å². The second-order valence-electron chi connectivity index (χ2n) is 8.64. The molecule has 0 aliphatic carbocycles. The molecule has 3 aromatic rings. The summed E-state index contributed by atoms with van der Waals surface area (Å²) in [5.41, 5.74) is 0.664. The number of phenolic OH excluding ortho intramolecular Hbond substituents is 5. The highest BCUT2D eigenvalue weighted by Crippen LogP contribution is 2.52. The first-order valence-corrected chi connectivity index (χ1v) is 11.4. The Bertz CT molecular complexity index is 1490. The summed E-state index contributed by atoms with van der Waals surface area (Å²) in [6, 6.07) is 9.83. The van der Waals surface area contributed by atoms with E-state index < -0.39 is 59.0 Å². The number of hydrogen-bond donors (Lipinski definition) is 7. The van der Waals surface area contributed by atoms with E-state index in [-0.39, 0.29) is 40.2 Å². The van der Waals surface area contributed by atoms with Gasteiger partial charge in [-0.15, -0.1) is 0 Å². The van der Waals surface area contributed by atoms with Gasteiger partial charge in [0.1, 0.15) is 12.0 Å². The first kappa shape index (κ1) is 26.7. The number of carboxylic acid groups (broad SMARTS) is 2. The number of carboxylic acids is 2. The van der Waals surface area contributed by atoms with Crippen LogP contribution in [0.25, 0.3) is 6.08 Å². The number of ether oxygens (including phenoxy) is 2. The standard InChI is InChI=1S/C27H22O12/c28-15-5-1-12(9-18(15)31)10-20(26(34)35)38-21(33)8-4-13-2-7-17(30)25-22(13)23(27(36)37)24(39-25)14-3-6-16(29)19(32)11-14/h1-9,11,20,23-24,28-32H,10H2,(H,34,35)(H,36,37)/b8-4+/t20-,23+,24+/m1/s1. The van der Waals surface area contributed by atoms with Gasteiger partial charge in [-0.05, 0) is 53.1 Å². The third-order valence-electron chi connectivity index (χ3n) is 6.06. The number of carbonyl (C=O) groups is 3. The van der Waals surface area contributed by atoms with Crippen LogP contribution in [0.15, 0.2) is 54.6 Å². The first-order chi connectivity index (χ1) is 18.5. The predicted octanol–water partition coefficient (Wildman–Crippen LogP) is 2.77. The van der Waals surface area contributed by atoms with Crippen LogP contribution in [-0.4, -0.2) is 59.8 Å². The van der Waals surface area contributed by atoms with Crippen molar-refractivity contribution in [2.45, 2.75) is 24.5 Å². The number of phenols is 5. The number of rotatable bonds is 8. The topological polar surface area (TPSA) is 211 Å². The van der Waals surface area contributed by atoms with Gasteiger partial charge in [-0.1, -0.05) is 18.2 Å². The van der Waals surface area contributed by atoms with E-state index in [1.165, 1.54) is 30.3 Å². The van der Waals surface area contributed by atoms with Gasteiger partial charge in [0.05, 0.1) is 0 Å². The van der Waals surface area contributed by atoms with Gasteiger partial charge in [-0.2, -0.15) is 0 Å². The number of aromatic hydroxyl groups is 5. The van der Waals surface area contributed by atoms with Gasteiger partial charge in [-0.3, -0.25) is 4.79 Å². The quantitative estimate of drug-likeness (QED) is 0.125.